The monoisotopic (exact) mass is 415 g/mol. The van der Waals surface area contributed by atoms with Crippen LogP contribution in [0.1, 0.15) is 22.7 Å². The normalized spacial score (nSPS) is 16.0. The summed E-state index contributed by atoms with van der Waals surface area (Å²) in [6.45, 7) is 0.627. The van der Waals surface area contributed by atoms with E-state index in [0.29, 0.717) is 24.4 Å². The number of anilines is 1. The van der Waals surface area contributed by atoms with E-state index in [1.807, 2.05) is 48.5 Å². The van der Waals surface area contributed by atoms with E-state index < -0.39 is 12.1 Å². The fraction of sp³-hybridized carbons (Fsp3) is 0.200. The van der Waals surface area contributed by atoms with Gasteiger partial charge in [0.15, 0.2) is 0 Å². The Balaban J connectivity index is 1.50. The zero-order valence-corrected chi connectivity index (χ0v) is 17.3. The first-order valence-electron chi connectivity index (χ1n) is 10.2. The molecular formula is C25H25N3O3. The molecule has 3 N–H and O–H groups in total. The van der Waals surface area contributed by atoms with Crippen LogP contribution < -0.4 is 20.7 Å². The zero-order valence-electron chi connectivity index (χ0n) is 17.3. The van der Waals surface area contributed by atoms with Crippen LogP contribution in [0.25, 0.3) is 0 Å². The third kappa shape index (κ3) is 4.92. The summed E-state index contributed by atoms with van der Waals surface area (Å²) in [6.07, 6.45) is 0.587. The summed E-state index contributed by atoms with van der Waals surface area (Å²) in [5, 5.41) is 9.10. The summed E-state index contributed by atoms with van der Waals surface area (Å²) in [6, 6.07) is 23.2. The largest absolute Gasteiger partial charge is 0.497 e. The van der Waals surface area contributed by atoms with E-state index in [0.717, 1.165) is 11.1 Å². The van der Waals surface area contributed by atoms with Crippen LogP contribution >= 0.6 is 0 Å². The van der Waals surface area contributed by atoms with Gasteiger partial charge in [-0.3, -0.25) is 9.59 Å². The molecule has 158 valence electrons. The van der Waals surface area contributed by atoms with Gasteiger partial charge in [-0.15, -0.1) is 0 Å². The number of benzene rings is 3. The molecule has 0 spiro atoms. The van der Waals surface area contributed by atoms with Crippen LogP contribution in [0.2, 0.25) is 0 Å². The van der Waals surface area contributed by atoms with E-state index in [1.165, 1.54) is 5.56 Å². The average Bonchev–Trinajstić information content (AvgIpc) is 2.83. The standard InChI is InChI=1S/C25H25N3O3/c1-31-21-13-11-20(12-14-21)27-25(30)23(17-7-3-2-4-8-17)28-24(29)22-15-18-9-5-6-10-19(18)16-26-22/h2-14,22-23,26H,15-16H2,1H3,(H,27,30)(H,28,29)/t22-,23+/m0/s1. The van der Waals surface area contributed by atoms with Crippen molar-refractivity contribution in [2.45, 2.75) is 25.0 Å². The number of nitrogens with one attached hydrogen (secondary N) is 3. The smallest absolute Gasteiger partial charge is 0.251 e. The van der Waals surface area contributed by atoms with E-state index in [2.05, 4.69) is 22.0 Å². The van der Waals surface area contributed by atoms with Gasteiger partial charge in [0.2, 0.25) is 5.91 Å². The third-order valence-electron chi connectivity index (χ3n) is 5.44. The molecule has 0 fully saturated rings. The molecule has 0 bridgehead atoms. The molecule has 4 rings (SSSR count). The molecule has 1 aliphatic heterocycles. The van der Waals surface area contributed by atoms with E-state index in [1.54, 1.807) is 31.4 Å². The summed E-state index contributed by atoms with van der Waals surface area (Å²) < 4.78 is 5.16. The predicted molar refractivity (Wildman–Crippen MR) is 120 cm³/mol. The van der Waals surface area contributed by atoms with Crippen molar-refractivity contribution in [2.24, 2.45) is 0 Å². The summed E-state index contributed by atoms with van der Waals surface area (Å²) in [7, 11) is 1.59. The Hall–Kier alpha value is -3.64. The van der Waals surface area contributed by atoms with Gasteiger partial charge in [0.05, 0.1) is 13.2 Å². The van der Waals surface area contributed by atoms with Crippen LogP contribution in [-0.2, 0) is 22.6 Å². The van der Waals surface area contributed by atoms with Gasteiger partial charge in [0.25, 0.3) is 5.91 Å². The van der Waals surface area contributed by atoms with Crippen LogP contribution in [-0.4, -0.2) is 25.0 Å². The fourth-order valence-corrected chi connectivity index (χ4v) is 3.72. The molecular weight excluding hydrogens is 390 g/mol. The summed E-state index contributed by atoms with van der Waals surface area (Å²) in [5.74, 6) is 0.198. The topological polar surface area (TPSA) is 79.5 Å². The van der Waals surface area contributed by atoms with Crippen molar-refractivity contribution < 1.29 is 14.3 Å². The molecule has 0 saturated heterocycles. The molecule has 1 aliphatic rings. The van der Waals surface area contributed by atoms with E-state index in [4.69, 9.17) is 4.74 Å². The van der Waals surface area contributed by atoms with Crippen molar-refractivity contribution in [3.05, 3.63) is 95.6 Å². The maximum Gasteiger partial charge on any atom is 0.251 e. The Kier molecular flexibility index (Phi) is 6.29. The third-order valence-corrected chi connectivity index (χ3v) is 5.44. The molecule has 2 atom stereocenters. The Labute approximate surface area is 181 Å². The number of amides is 2. The maximum atomic E-state index is 13.1. The van der Waals surface area contributed by atoms with Gasteiger partial charge < -0.3 is 20.7 Å². The molecule has 2 amide bonds. The summed E-state index contributed by atoms with van der Waals surface area (Å²) >= 11 is 0. The number of carbonyl (C=O) groups excluding carboxylic acids is 2. The Morgan fingerprint density at radius 3 is 2.32 bits per heavy atom. The number of hydrogen-bond donors (Lipinski definition) is 3. The Morgan fingerprint density at radius 2 is 1.61 bits per heavy atom. The van der Waals surface area contributed by atoms with Crippen molar-refractivity contribution in [2.75, 3.05) is 12.4 Å². The summed E-state index contributed by atoms with van der Waals surface area (Å²) in [5.41, 5.74) is 3.70. The second kappa shape index (κ2) is 9.45. The lowest BCUT2D eigenvalue weighted by Crippen LogP contribution is -2.50. The molecule has 3 aromatic carbocycles. The summed E-state index contributed by atoms with van der Waals surface area (Å²) in [4.78, 5) is 26.2. The number of methoxy groups -OCH3 is 1. The minimum atomic E-state index is -0.810. The molecule has 0 unspecified atom stereocenters. The molecule has 0 aliphatic carbocycles. The van der Waals surface area contributed by atoms with Crippen LogP contribution in [0, 0.1) is 0 Å². The van der Waals surface area contributed by atoms with Crippen LogP contribution in [0.4, 0.5) is 5.69 Å². The van der Waals surface area contributed by atoms with Crippen molar-refractivity contribution in [3.8, 4) is 5.75 Å². The van der Waals surface area contributed by atoms with Crippen molar-refractivity contribution in [3.63, 3.8) is 0 Å². The van der Waals surface area contributed by atoms with E-state index >= 15 is 0 Å². The SMILES string of the molecule is COc1ccc(NC(=O)[C@H](NC(=O)[C@@H]2Cc3ccccc3CN2)c2ccccc2)cc1. The van der Waals surface area contributed by atoms with Gasteiger partial charge in [-0.1, -0.05) is 54.6 Å². The first-order chi connectivity index (χ1) is 15.1. The number of fused-ring (bicyclic) bond motifs is 1. The molecule has 6 nitrogen and oxygen atoms in total. The highest BCUT2D eigenvalue weighted by molar-refractivity contribution is 5.98. The highest BCUT2D eigenvalue weighted by Crippen LogP contribution is 2.21. The van der Waals surface area contributed by atoms with Crippen molar-refractivity contribution in [1.29, 1.82) is 0 Å². The van der Waals surface area contributed by atoms with E-state index in [-0.39, 0.29) is 11.8 Å². The molecule has 31 heavy (non-hydrogen) atoms. The van der Waals surface area contributed by atoms with E-state index in [9.17, 15) is 9.59 Å². The number of carbonyl (C=O) groups is 2. The van der Waals surface area contributed by atoms with Crippen LogP contribution in [0.15, 0.2) is 78.9 Å². The minimum absolute atomic E-state index is 0.201. The lowest BCUT2D eigenvalue weighted by Gasteiger charge is -2.27. The highest BCUT2D eigenvalue weighted by Gasteiger charge is 2.29. The quantitative estimate of drug-likeness (QED) is 0.578. The number of rotatable bonds is 6. The Morgan fingerprint density at radius 1 is 0.935 bits per heavy atom. The van der Waals surface area contributed by atoms with Crippen LogP contribution in [0.3, 0.4) is 0 Å². The van der Waals surface area contributed by atoms with Gasteiger partial charge >= 0.3 is 0 Å². The highest BCUT2D eigenvalue weighted by atomic mass is 16.5. The van der Waals surface area contributed by atoms with Crippen LogP contribution in [0.5, 0.6) is 5.75 Å². The molecule has 0 aromatic heterocycles. The van der Waals surface area contributed by atoms with Crippen molar-refractivity contribution in [1.82, 2.24) is 10.6 Å². The zero-order chi connectivity index (χ0) is 21.6. The first-order valence-corrected chi connectivity index (χ1v) is 10.2. The van der Waals surface area contributed by atoms with Crippen molar-refractivity contribution >= 4 is 17.5 Å². The molecule has 3 aromatic rings. The lowest BCUT2D eigenvalue weighted by molar-refractivity contribution is -0.128. The first kappa shape index (κ1) is 20.6. The minimum Gasteiger partial charge on any atom is -0.497 e. The average molecular weight is 415 g/mol. The second-order valence-electron chi connectivity index (χ2n) is 7.48. The maximum absolute atomic E-state index is 13.1. The van der Waals surface area contributed by atoms with Gasteiger partial charge in [0.1, 0.15) is 11.8 Å². The predicted octanol–water partition coefficient (Wildman–Crippen LogP) is 3.21. The molecule has 0 radical (unpaired) electrons. The number of ether oxygens (including phenoxy) is 1. The fourth-order valence-electron chi connectivity index (χ4n) is 3.72. The molecule has 6 heteroatoms. The van der Waals surface area contributed by atoms with Gasteiger partial charge in [-0.05, 0) is 47.4 Å². The Bertz CT molecular complexity index is 1050. The second-order valence-corrected chi connectivity index (χ2v) is 7.48. The molecule has 1 heterocycles. The number of hydrogen-bond acceptors (Lipinski definition) is 4. The molecule has 0 saturated carbocycles. The van der Waals surface area contributed by atoms with Gasteiger partial charge in [-0.25, -0.2) is 0 Å². The van der Waals surface area contributed by atoms with Gasteiger partial charge in [-0.2, -0.15) is 0 Å². The van der Waals surface area contributed by atoms with Gasteiger partial charge in [0, 0.05) is 12.2 Å². The lowest BCUT2D eigenvalue weighted by atomic mass is 9.95.